The van der Waals surface area contributed by atoms with Crippen LogP contribution in [0, 0.1) is 0 Å². The summed E-state index contributed by atoms with van der Waals surface area (Å²) in [5.74, 6) is -0.271. The third-order valence-corrected chi connectivity index (χ3v) is 5.76. The summed E-state index contributed by atoms with van der Waals surface area (Å²) in [5, 5.41) is 6.82. The van der Waals surface area contributed by atoms with Crippen LogP contribution < -0.4 is 10.6 Å². The molecule has 2 amide bonds. The number of hydrogen-bond acceptors (Lipinski definition) is 4. The second-order valence-electron chi connectivity index (χ2n) is 6.78. The van der Waals surface area contributed by atoms with Gasteiger partial charge in [-0.2, -0.15) is 0 Å². The van der Waals surface area contributed by atoms with Crippen molar-refractivity contribution in [1.29, 1.82) is 0 Å². The number of anilines is 2. The summed E-state index contributed by atoms with van der Waals surface area (Å²) in [6.45, 7) is 1.46. The number of nitrogens with zero attached hydrogens (tertiary/aromatic N) is 1. The molecule has 0 saturated carbocycles. The first-order valence-corrected chi connectivity index (χ1v) is 10.5. The Labute approximate surface area is 182 Å². The smallest absolute Gasteiger partial charge is 0.228 e. The van der Waals surface area contributed by atoms with E-state index in [1.54, 1.807) is 6.07 Å². The highest BCUT2D eigenvalue weighted by Gasteiger charge is 2.10. The molecule has 0 aliphatic rings. The van der Waals surface area contributed by atoms with Crippen LogP contribution in [0.5, 0.6) is 0 Å². The maximum Gasteiger partial charge on any atom is 0.228 e. The third-order valence-electron chi connectivity index (χ3n) is 4.46. The Morgan fingerprint density at radius 3 is 2.57 bits per heavy atom. The number of halogens is 1. The van der Waals surface area contributed by atoms with Gasteiger partial charge >= 0.3 is 0 Å². The number of thiazole rings is 1. The zero-order valence-corrected chi connectivity index (χ0v) is 17.7. The van der Waals surface area contributed by atoms with E-state index in [2.05, 4.69) is 15.6 Å². The van der Waals surface area contributed by atoms with Crippen LogP contribution in [0.25, 0.3) is 21.3 Å². The first kappa shape index (κ1) is 20.1. The van der Waals surface area contributed by atoms with E-state index in [0.29, 0.717) is 15.8 Å². The molecule has 4 aromatic rings. The quantitative estimate of drug-likeness (QED) is 0.419. The van der Waals surface area contributed by atoms with Crippen molar-refractivity contribution in [2.75, 3.05) is 10.6 Å². The van der Waals surface area contributed by atoms with Gasteiger partial charge in [0.25, 0.3) is 0 Å². The fourth-order valence-corrected chi connectivity index (χ4v) is 4.26. The summed E-state index contributed by atoms with van der Waals surface area (Å²) in [6, 6.07) is 20.9. The zero-order valence-electron chi connectivity index (χ0n) is 16.1. The molecule has 1 heterocycles. The minimum Gasteiger partial charge on any atom is -0.326 e. The molecular weight excluding hydrogens is 418 g/mol. The van der Waals surface area contributed by atoms with Crippen molar-refractivity contribution in [2.24, 2.45) is 0 Å². The number of nitrogens with one attached hydrogen (secondary N) is 2. The lowest BCUT2D eigenvalue weighted by molar-refractivity contribution is -0.116. The van der Waals surface area contributed by atoms with Crippen LogP contribution in [0.1, 0.15) is 12.5 Å². The molecule has 0 atom stereocenters. The van der Waals surface area contributed by atoms with Gasteiger partial charge in [-0.25, -0.2) is 4.98 Å². The number of carbonyl (C=O) groups is 2. The van der Waals surface area contributed by atoms with E-state index in [-0.39, 0.29) is 18.2 Å². The Balaban J connectivity index is 1.53. The Morgan fingerprint density at radius 1 is 0.967 bits per heavy atom. The maximum absolute atomic E-state index is 12.4. The van der Waals surface area contributed by atoms with Crippen LogP contribution >= 0.6 is 22.9 Å². The average molecular weight is 436 g/mol. The molecule has 0 aliphatic heterocycles. The largest absolute Gasteiger partial charge is 0.326 e. The number of fused-ring (bicyclic) bond motifs is 1. The molecule has 3 aromatic carbocycles. The van der Waals surface area contributed by atoms with Crippen LogP contribution in [-0.2, 0) is 16.0 Å². The standard InChI is InChI=1S/C23H18ClN3O2S/c1-14(28)25-23-27-20-10-9-16(12-21(20)30-23)15-6-4-7-18(11-15)26-22(29)13-17-5-2-3-8-19(17)24/h2-12H,13H2,1H3,(H,26,29)(H,25,27,28). The van der Waals surface area contributed by atoms with E-state index in [9.17, 15) is 9.59 Å². The van der Waals surface area contributed by atoms with Gasteiger partial charge in [-0.1, -0.05) is 59.3 Å². The van der Waals surface area contributed by atoms with E-state index < -0.39 is 0 Å². The van der Waals surface area contributed by atoms with Gasteiger partial charge in [-0.3, -0.25) is 9.59 Å². The van der Waals surface area contributed by atoms with Crippen molar-refractivity contribution in [3.8, 4) is 11.1 Å². The Hall–Kier alpha value is -3.22. The molecule has 30 heavy (non-hydrogen) atoms. The van der Waals surface area contributed by atoms with E-state index in [1.165, 1.54) is 18.3 Å². The van der Waals surface area contributed by atoms with Crippen molar-refractivity contribution in [1.82, 2.24) is 4.98 Å². The average Bonchev–Trinajstić information content (AvgIpc) is 3.10. The molecule has 5 nitrogen and oxygen atoms in total. The van der Waals surface area contributed by atoms with E-state index in [0.717, 1.165) is 26.9 Å². The zero-order chi connectivity index (χ0) is 21.1. The summed E-state index contributed by atoms with van der Waals surface area (Å²) in [7, 11) is 0. The van der Waals surface area contributed by atoms with Gasteiger partial charge in [0.1, 0.15) is 0 Å². The molecule has 0 radical (unpaired) electrons. The third kappa shape index (κ3) is 4.67. The molecule has 0 saturated heterocycles. The van der Waals surface area contributed by atoms with E-state index in [1.807, 2.05) is 60.7 Å². The molecule has 0 aliphatic carbocycles. The lowest BCUT2D eigenvalue weighted by atomic mass is 10.0. The van der Waals surface area contributed by atoms with Crippen LogP contribution in [-0.4, -0.2) is 16.8 Å². The van der Waals surface area contributed by atoms with Gasteiger partial charge in [-0.15, -0.1) is 0 Å². The van der Waals surface area contributed by atoms with Crippen molar-refractivity contribution < 1.29 is 9.59 Å². The van der Waals surface area contributed by atoms with Crippen LogP contribution in [0.3, 0.4) is 0 Å². The van der Waals surface area contributed by atoms with E-state index in [4.69, 9.17) is 11.6 Å². The number of carbonyl (C=O) groups excluding carboxylic acids is 2. The van der Waals surface area contributed by atoms with Gasteiger partial charge in [0.05, 0.1) is 16.6 Å². The van der Waals surface area contributed by atoms with Gasteiger partial charge < -0.3 is 10.6 Å². The molecule has 2 N–H and O–H groups in total. The minimum absolute atomic E-state index is 0.127. The predicted molar refractivity (Wildman–Crippen MR) is 123 cm³/mol. The molecule has 0 spiro atoms. The summed E-state index contributed by atoms with van der Waals surface area (Å²) in [4.78, 5) is 28.1. The summed E-state index contributed by atoms with van der Waals surface area (Å²) in [5.41, 5.74) is 4.31. The Bertz CT molecular complexity index is 1250. The van der Waals surface area contributed by atoms with Gasteiger partial charge in [-0.05, 0) is 47.0 Å². The lowest BCUT2D eigenvalue weighted by Crippen LogP contribution is -2.14. The van der Waals surface area contributed by atoms with E-state index >= 15 is 0 Å². The molecule has 0 bridgehead atoms. The van der Waals surface area contributed by atoms with Crippen LogP contribution in [0.4, 0.5) is 10.8 Å². The SMILES string of the molecule is CC(=O)Nc1nc2ccc(-c3cccc(NC(=O)Cc4ccccc4Cl)c3)cc2s1. The van der Waals surface area contributed by atoms with Gasteiger partial charge in [0.2, 0.25) is 11.8 Å². The first-order chi connectivity index (χ1) is 14.5. The second-order valence-corrected chi connectivity index (χ2v) is 8.22. The van der Waals surface area contributed by atoms with Crippen LogP contribution in [0.2, 0.25) is 5.02 Å². The highest BCUT2D eigenvalue weighted by atomic mass is 35.5. The lowest BCUT2D eigenvalue weighted by Gasteiger charge is -2.09. The number of aromatic nitrogens is 1. The highest BCUT2D eigenvalue weighted by Crippen LogP contribution is 2.31. The molecular formula is C23H18ClN3O2S. The molecule has 7 heteroatoms. The maximum atomic E-state index is 12.4. The monoisotopic (exact) mass is 435 g/mol. The molecule has 0 fully saturated rings. The normalized spacial score (nSPS) is 10.7. The summed E-state index contributed by atoms with van der Waals surface area (Å²) >= 11 is 7.57. The first-order valence-electron chi connectivity index (χ1n) is 9.30. The minimum atomic E-state index is -0.144. The Morgan fingerprint density at radius 2 is 1.77 bits per heavy atom. The fourth-order valence-electron chi connectivity index (χ4n) is 3.10. The Kier molecular flexibility index (Phi) is 5.79. The van der Waals surface area contributed by atoms with Crippen LogP contribution in [0.15, 0.2) is 66.7 Å². The molecule has 4 rings (SSSR count). The number of rotatable bonds is 5. The van der Waals surface area contributed by atoms with Crippen molar-refractivity contribution >= 4 is 55.8 Å². The topological polar surface area (TPSA) is 71.1 Å². The van der Waals surface area contributed by atoms with Crippen molar-refractivity contribution in [3.05, 3.63) is 77.3 Å². The molecule has 150 valence electrons. The second kappa shape index (κ2) is 8.65. The summed E-state index contributed by atoms with van der Waals surface area (Å²) in [6.07, 6.45) is 0.211. The number of benzene rings is 3. The molecule has 0 unspecified atom stereocenters. The number of amides is 2. The highest BCUT2D eigenvalue weighted by molar-refractivity contribution is 7.22. The summed E-state index contributed by atoms with van der Waals surface area (Å²) < 4.78 is 0.976. The molecule has 1 aromatic heterocycles. The van der Waals surface area contributed by atoms with Gasteiger partial charge in [0, 0.05) is 17.6 Å². The fraction of sp³-hybridized carbons (Fsp3) is 0.0870. The predicted octanol–water partition coefficient (Wildman–Crippen LogP) is 5.76. The van der Waals surface area contributed by atoms with Crippen molar-refractivity contribution in [2.45, 2.75) is 13.3 Å². The van der Waals surface area contributed by atoms with Crippen molar-refractivity contribution in [3.63, 3.8) is 0 Å². The van der Waals surface area contributed by atoms with Gasteiger partial charge in [0.15, 0.2) is 5.13 Å². The number of hydrogen-bond donors (Lipinski definition) is 2.